The maximum atomic E-state index is 5.06. The number of anilines is 2. The van der Waals surface area contributed by atoms with Gasteiger partial charge in [0.2, 0.25) is 0 Å². The number of hydrogen-bond donors (Lipinski definition) is 2. The Morgan fingerprint density at radius 1 is 1.50 bits per heavy atom. The first-order chi connectivity index (χ1) is 7.79. The van der Waals surface area contributed by atoms with Crippen molar-refractivity contribution in [3.63, 3.8) is 0 Å². The van der Waals surface area contributed by atoms with E-state index in [0.717, 1.165) is 43.2 Å². The second-order valence-electron chi connectivity index (χ2n) is 4.21. The summed E-state index contributed by atoms with van der Waals surface area (Å²) in [5.74, 6) is 0.980. The van der Waals surface area contributed by atoms with Crippen LogP contribution in [0, 0.1) is 6.92 Å². The average Bonchev–Trinajstić information content (AvgIpc) is 2.29. The van der Waals surface area contributed by atoms with Crippen LogP contribution >= 0.6 is 0 Å². The molecule has 4 nitrogen and oxygen atoms in total. The molecule has 0 spiro atoms. The van der Waals surface area contributed by atoms with Crippen LogP contribution in [0.4, 0.5) is 11.5 Å². The summed E-state index contributed by atoms with van der Waals surface area (Å²) in [4.78, 5) is 4.49. The molecule has 0 aromatic carbocycles. The van der Waals surface area contributed by atoms with Crippen LogP contribution in [0.5, 0.6) is 0 Å². The zero-order chi connectivity index (χ0) is 11.4. The van der Waals surface area contributed by atoms with E-state index in [0.29, 0.717) is 6.04 Å². The van der Waals surface area contributed by atoms with Crippen molar-refractivity contribution in [2.75, 3.05) is 30.9 Å². The predicted octanol–water partition coefficient (Wildman–Crippen LogP) is 2.02. The minimum atomic E-state index is 0.456. The monoisotopic (exact) mass is 221 g/mol. The Labute approximate surface area is 96.4 Å². The second kappa shape index (κ2) is 5.16. The van der Waals surface area contributed by atoms with Gasteiger partial charge in [-0.1, -0.05) is 0 Å². The summed E-state index contributed by atoms with van der Waals surface area (Å²) in [5.41, 5.74) is 2.15. The van der Waals surface area contributed by atoms with Crippen molar-refractivity contribution in [2.45, 2.75) is 25.8 Å². The lowest BCUT2D eigenvalue weighted by Crippen LogP contribution is -2.33. The normalized spacial score (nSPS) is 18.5. The van der Waals surface area contributed by atoms with Gasteiger partial charge in [0.25, 0.3) is 0 Å². The van der Waals surface area contributed by atoms with Crippen molar-refractivity contribution in [3.8, 4) is 0 Å². The van der Waals surface area contributed by atoms with Crippen molar-refractivity contribution >= 4 is 11.5 Å². The largest absolute Gasteiger partial charge is 0.385 e. The molecule has 0 radical (unpaired) electrons. The number of hydrogen-bond acceptors (Lipinski definition) is 4. The molecule has 2 heterocycles. The number of nitrogens with one attached hydrogen (secondary N) is 2. The lowest BCUT2D eigenvalue weighted by atomic mass is 10.1. The van der Waals surface area contributed by atoms with Gasteiger partial charge in [0.15, 0.2) is 0 Å². The molecule has 1 aliphatic heterocycles. The zero-order valence-electron chi connectivity index (χ0n) is 9.92. The molecule has 4 heteroatoms. The number of fused-ring (bicyclic) bond motifs is 1. The third-order valence-corrected chi connectivity index (χ3v) is 2.82. The molecular weight excluding hydrogens is 202 g/mol. The van der Waals surface area contributed by atoms with Crippen LogP contribution in [0.2, 0.25) is 0 Å². The number of ether oxygens (including phenoxy) is 1. The fourth-order valence-corrected chi connectivity index (χ4v) is 1.94. The Bertz CT molecular complexity index is 354. The molecule has 1 aliphatic rings. The molecule has 88 valence electrons. The zero-order valence-corrected chi connectivity index (χ0v) is 9.92. The number of aryl methyl sites for hydroxylation is 1. The van der Waals surface area contributed by atoms with Gasteiger partial charge in [-0.2, -0.15) is 0 Å². The van der Waals surface area contributed by atoms with E-state index in [2.05, 4.69) is 21.7 Å². The Balaban J connectivity index is 1.94. The van der Waals surface area contributed by atoms with Gasteiger partial charge in [-0.15, -0.1) is 0 Å². The van der Waals surface area contributed by atoms with Crippen LogP contribution in [0.3, 0.4) is 0 Å². The molecule has 0 aliphatic carbocycles. The lowest BCUT2D eigenvalue weighted by molar-refractivity contribution is 0.191. The highest BCUT2D eigenvalue weighted by atomic mass is 16.5. The third-order valence-electron chi connectivity index (χ3n) is 2.82. The van der Waals surface area contributed by atoms with E-state index in [4.69, 9.17) is 4.74 Å². The van der Waals surface area contributed by atoms with Crippen LogP contribution in [0.25, 0.3) is 0 Å². The summed E-state index contributed by atoms with van der Waals surface area (Å²) in [5, 5.41) is 6.87. The molecule has 0 amide bonds. The molecule has 0 bridgehead atoms. The van der Waals surface area contributed by atoms with E-state index in [-0.39, 0.29) is 0 Å². The van der Waals surface area contributed by atoms with E-state index < -0.39 is 0 Å². The number of aromatic nitrogens is 1. The molecule has 0 saturated heterocycles. The van der Waals surface area contributed by atoms with Crippen molar-refractivity contribution in [1.82, 2.24) is 4.98 Å². The summed E-state index contributed by atoms with van der Waals surface area (Å²) in [7, 11) is 1.74. The SMILES string of the molecule is COCCCC1CNc2ccc(C)nc2N1. The fourth-order valence-electron chi connectivity index (χ4n) is 1.94. The van der Waals surface area contributed by atoms with Crippen molar-refractivity contribution in [1.29, 1.82) is 0 Å². The summed E-state index contributed by atoms with van der Waals surface area (Å²) in [6, 6.07) is 4.56. The Hall–Kier alpha value is -1.29. The fraction of sp³-hybridized carbons (Fsp3) is 0.583. The molecule has 1 atom stereocenters. The molecule has 0 saturated carbocycles. The molecule has 2 N–H and O–H groups in total. The number of rotatable bonds is 4. The van der Waals surface area contributed by atoms with E-state index in [9.17, 15) is 0 Å². The second-order valence-corrected chi connectivity index (χ2v) is 4.21. The van der Waals surface area contributed by atoms with E-state index in [1.165, 1.54) is 0 Å². The summed E-state index contributed by atoms with van der Waals surface area (Å²) >= 11 is 0. The topological polar surface area (TPSA) is 46.2 Å². The van der Waals surface area contributed by atoms with Gasteiger partial charge in [0.05, 0.1) is 5.69 Å². The number of pyridine rings is 1. The van der Waals surface area contributed by atoms with Gasteiger partial charge in [-0.25, -0.2) is 4.98 Å². The molecule has 16 heavy (non-hydrogen) atoms. The van der Waals surface area contributed by atoms with Crippen LogP contribution < -0.4 is 10.6 Å². The molecule has 1 aromatic rings. The van der Waals surface area contributed by atoms with Crippen LogP contribution in [-0.2, 0) is 4.74 Å². The highest BCUT2D eigenvalue weighted by Crippen LogP contribution is 2.24. The molecule has 1 unspecified atom stereocenters. The molecule has 2 rings (SSSR count). The van der Waals surface area contributed by atoms with Crippen molar-refractivity contribution in [3.05, 3.63) is 17.8 Å². The van der Waals surface area contributed by atoms with Crippen molar-refractivity contribution in [2.24, 2.45) is 0 Å². The van der Waals surface area contributed by atoms with Crippen LogP contribution in [0.1, 0.15) is 18.5 Å². The third kappa shape index (κ3) is 2.64. The highest BCUT2D eigenvalue weighted by molar-refractivity contribution is 5.67. The molecular formula is C12H19N3O. The standard InChI is InChI=1S/C12H19N3O/c1-9-5-6-11-12(14-9)15-10(8-13-11)4-3-7-16-2/h5-6,10,13H,3-4,7-8H2,1-2H3,(H,14,15). The smallest absolute Gasteiger partial charge is 0.149 e. The average molecular weight is 221 g/mol. The van der Waals surface area contributed by atoms with Gasteiger partial charge < -0.3 is 15.4 Å². The highest BCUT2D eigenvalue weighted by Gasteiger charge is 2.17. The first kappa shape index (κ1) is 11.2. The van der Waals surface area contributed by atoms with Gasteiger partial charge in [-0.3, -0.25) is 0 Å². The summed E-state index contributed by atoms with van der Waals surface area (Å²) < 4.78 is 5.06. The quantitative estimate of drug-likeness (QED) is 0.764. The first-order valence-electron chi connectivity index (χ1n) is 5.76. The van der Waals surface area contributed by atoms with Gasteiger partial charge in [-0.05, 0) is 31.9 Å². The number of nitrogens with zero attached hydrogens (tertiary/aromatic N) is 1. The van der Waals surface area contributed by atoms with Crippen LogP contribution in [0.15, 0.2) is 12.1 Å². The van der Waals surface area contributed by atoms with Gasteiger partial charge in [0, 0.05) is 32.0 Å². The minimum Gasteiger partial charge on any atom is -0.385 e. The maximum absolute atomic E-state index is 5.06. The van der Waals surface area contributed by atoms with Gasteiger partial charge in [0.1, 0.15) is 5.82 Å². The molecule has 0 fully saturated rings. The summed E-state index contributed by atoms with van der Waals surface area (Å²) in [6.07, 6.45) is 2.19. The maximum Gasteiger partial charge on any atom is 0.149 e. The predicted molar refractivity (Wildman–Crippen MR) is 66.0 cm³/mol. The summed E-state index contributed by atoms with van der Waals surface area (Å²) in [6.45, 7) is 3.80. The Kier molecular flexibility index (Phi) is 3.62. The lowest BCUT2D eigenvalue weighted by Gasteiger charge is -2.27. The Morgan fingerprint density at radius 2 is 2.38 bits per heavy atom. The van der Waals surface area contributed by atoms with Crippen molar-refractivity contribution < 1.29 is 4.74 Å². The van der Waals surface area contributed by atoms with Gasteiger partial charge >= 0.3 is 0 Å². The van der Waals surface area contributed by atoms with E-state index >= 15 is 0 Å². The van der Waals surface area contributed by atoms with E-state index in [1.807, 2.05) is 13.0 Å². The Morgan fingerprint density at radius 3 is 3.19 bits per heavy atom. The van der Waals surface area contributed by atoms with Crippen LogP contribution in [-0.4, -0.2) is 31.3 Å². The minimum absolute atomic E-state index is 0.456. The first-order valence-corrected chi connectivity index (χ1v) is 5.76. The van der Waals surface area contributed by atoms with E-state index in [1.54, 1.807) is 7.11 Å². The molecule has 1 aromatic heterocycles. The number of methoxy groups -OCH3 is 1.